The Kier molecular flexibility index (Phi) is 6.40. The molecule has 1 aromatic heterocycles. The molecular formula is C17H28N6OS2. The summed E-state index contributed by atoms with van der Waals surface area (Å²) in [4.78, 5) is 16.3. The number of hydrogen-bond acceptors (Lipinski definition) is 7. The first-order chi connectivity index (χ1) is 12.8. The monoisotopic (exact) mass is 396 g/mol. The summed E-state index contributed by atoms with van der Waals surface area (Å²) in [5.41, 5.74) is 0.971. The number of nitrogens with zero attached hydrogens (tertiary/aromatic N) is 5. The standard InChI is InChI=1S/C17H28N6OS2/c24-17-11-21(6-3-18-17)9-14-10-23(20-19-14)15-1-4-22(5-2-15)16-12-25-7-8-26-13-16/h10,15-16H,1-9,11-13H2,(H,18,24). The molecule has 3 aliphatic heterocycles. The van der Waals surface area contributed by atoms with E-state index in [1.165, 1.54) is 23.0 Å². The predicted molar refractivity (Wildman–Crippen MR) is 107 cm³/mol. The molecule has 4 rings (SSSR count). The minimum atomic E-state index is 0.103. The Hall–Kier alpha value is -0.770. The molecule has 26 heavy (non-hydrogen) atoms. The molecule has 1 amide bonds. The van der Waals surface area contributed by atoms with Crippen LogP contribution in [0.25, 0.3) is 0 Å². The summed E-state index contributed by atoms with van der Waals surface area (Å²) < 4.78 is 2.06. The molecule has 7 nitrogen and oxygen atoms in total. The van der Waals surface area contributed by atoms with Crippen LogP contribution >= 0.6 is 23.5 Å². The Morgan fingerprint density at radius 2 is 1.88 bits per heavy atom. The Morgan fingerprint density at radius 3 is 2.62 bits per heavy atom. The van der Waals surface area contributed by atoms with Gasteiger partial charge in [-0.25, -0.2) is 4.68 Å². The lowest BCUT2D eigenvalue weighted by molar-refractivity contribution is -0.124. The molecule has 144 valence electrons. The Morgan fingerprint density at radius 1 is 1.12 bits per heavy atom. The number of thioether (sulfide) groups is 2. The molecule has 0 atom stereocenters. The fraction of sp³-hybridized carbons (Fsp3) is 0.824. The molecule has 0 unspecified atom stereocenters. The minimum absolute atomic E-state index is 0.103. The third kappa shape index (κ3) is 4.74. The van der Waals surface area contributed by atoms with Crippen molar-refractivity contribution < 1.29 is 4.79 Å². The third-order valence-electron chi connectivity index (χ3n) is 5.44. The van der Waals surface area contributed by atoms with Gasteiger partial charge < -0.3 is 5.32 Å². The third-order valence-corrected chi connectivity index (χ3v) is 7.93. The first-order valence-electron chi connectivity index (χ1n) is 9.57. The number of hydrogen-bond donors (Lipinski definition) is 1. The van der Waals surface area contributed by atoms with E-state index in [-0.39, 0.29) is 5.91 Å². The van der Waals surface area contributed by atoms with Gasteiger partial charge in [0.05, 0.1) is 24.5 Å². The van der Waals surface area contributed by atoms with Crippen LogP contribution in [0.2, 0.25) is 0 Å². The lowest BCUT2D eigenvalue weighted by Crippen LogP contribution is -2.47. The summed E-state index contributed by atoms with van der Waals surface area (Å²) in [5, 5.41) is 11.6. The van der Waals surface area contributed by atoms with Crippen molar-refractivity contribution in [2.75, 3.05) is 55.7 Å². The van der Waals surface area contributed by atoms with E-state index in [4.69, 9.17) is 0 Å². The zero-order chi connectivity index (χ0) is 17.8. The molecule has 3 aliphatic rings. The molecule has 4 heterocycles. The Labute approximate surface area is 163 Å². The topological polar surface area (TPSA) is 66.3 Å². The fourth-order valence-electron chi connectivity index (χ4n) is 3.95. The van der Waals surface area contributed by atoms with Crippen LogP contribution in [0.1, 0.15) is 24.6 Å². The van der Waals surface area contributed by atoms with Gasteiger partial charge in [-0.1, -0.05) is 5.21 Å². The van der Waals surface area contributed by atoms with Gasteiger partial charge >= 0.3 is 0 Å². The molecule has 1 aromatic rings. The van der Waals surface area contributed by atoms with Gasteiger partial charge in [-0.05, 0) is 12.8 Å². The molecule has 0 spiro atoms. The second kappa shape index (κ2) is 8.95. The highest BCUT2D eigenvalue weighted by molar-refractivity contribution is 8.03. The second-order valence-electron chi connectivity index (χ2n) is 7.32. The maximum Gasteiger partial charge on any atom is 0.234 e. The van der Waals surface area contributed by atoms with Crippen LogP contribution in [0.5, 0.6) is 0 Å². The van der Waals surface area contributed by atoms with Crippen molar-refractivity contribution in [2.24, 2.45) is 0 Å². The highest BCUT2D eigenvalue weighted by atomic mass is 32.2. The van der Waals surface area contributed by atoms with Crippen molar-refractivity contribution in [3.63, 3.8) is 0 Å². The number of piperidine rings is 1. The highest BCUT2D eigenvalue weighted by Crippen LogP contribution is 2.27. The van der Waals surface area contributed by atoms with Crippen molar-refractivity contribution in [3.05, 3.63) is 11.9 Å². The molecule has 3 fully saturated rings. The summed E-state index contributed by atoms with van der Waals surface area (Å²) >= 11 is 4.22. The summed E-state index contributed by atoms with van der Waals surface area (Å²) in [6.45, 7) is 5.11. The van der Waals surface area contributed by atoms with Crippen LogP contribution in [-0.4, -0.2) is 92.5 Å². The highest BCUT2D eigenvalue weighted by Gasteiger charge is 2.27. The van der Waals surface area contributed by atoms with Gasteiger partial charge in [-0.3, -0.25) is 14.6 Å². The lowest BCUT2D eigenvalue weighted by Gasteiger charge is -2.36. The van der Waals surface area contributed by atoms with Crippen LogP contribution in [-0.2, 0) is 11.3 Å². The van der Waals surface area contributed by atoms with Crippen LogP contribution in [0.3, 0.4) is 0 Å². The van der Waals surface area contributed by atoms with Crippen LogP contribution in [0.15, 0.2) is 6.20 Å². The van der Waals surface area contributed by atoms with Crippen molar-refractivity contribution in [2.45, 2.75) is 31.5 Å². The van der Waals surface area contributed by atoms with Gasteiger partial charge in [0.25, 0.3) is 0 Å². The van der Waals surface area contributed by atoms with E-state index in [0.29, 0.717) is 19.1 Å². The van der Waals surface area contributed by atoms with E-state index in [0.717, 1.165) is 50.8 Å². The summed E-state index contributed by atoms with van der Waals surface area (Å²) in [7, 11) is 0. The summed E-state index contributed by atoms with van der Waals surface area (Å²) in [5.74, 6) is 5.28. The van der Waals surface area contributed by atoms with Gasteiger partial charge in [0, 0.05) is 61.8 Å². The van der Waals surface area contributed by atoms with Gasteiger partial charge in [0.15, 0.2) is 0 Å². The van der Waals surface area contributed by atoms with Gasteiger partial charge in [0.1, 0.15) is 0 Å². The summed E-state index contributed by atoms with van der Waals surface area (Å²) in [6.07, 6.45) is 4.39. The quantitative estimate of drug-likeness (QED) is 0.803. The molecule has 0 saturated carbocycles. The smallest absolute Gasteiger partial charge is 0.234 e. The second-order valence-corrected chi connectivity index (χ2v) is 9.62. The molecule has 0 aliphatic carbocycles. The van der Waals surface area contributed by atoms with Crippen LogP contribution in [0, 0.1) is 0 Å². The first kappa shape index (κ1) is 18.6. The zero-order valence-corrected chi connectivity index (χ0v) is 16.8. The number of carbonyl (C=O) groups is 1. The normalized spacial score (nSPS) is 25.2. The lowest BCUT2D eigenvalue weighted by atomic mass is 10.0. The largest absolute Gasteiger partial charge is 0.354 e. The molecule has 0 radical (unpaired) electrons. The average molecular weight is 397 g/mol. The number of carbonyl (C=O) groups excluding carboxylic acids is 1. The minimum Gasteiger partial charge on any atom is -0.354 e. The molecule has 0 bridgehead atoms. The predicted octanol–water partition coefficient (Wildman–Crippen LogP) is 0.695. The Bertz CT molecular complexity index is 596. The first-order valence-corrected chi connectivity index (χ1v) is 11.9. The van der Waals surface area contributed by atoms with Gasteiger partial charge in [-0.2, -0.15) is 23.5 Å². The number of nitrogens with one attached hydrogen (secondary N) is 1. The van der Waals surface area contributed by atoms with E-state index < -0.39 is 0 Å². The average Bonchev–Trinajstić information content (AvgIpc) is 2.95. The van der Waals surface area contributed by atoms with E-state index in [9.17, 15) is 4.79 Å². The Balaban J connectivity index is 1.28. The van der Waals surface area contributed by atoms with Crippen molar-refractivity contribution >= 4 is 29.4 Å². The van der Waals surface area contributed by atoms with Crippen molar-refractivity contribution in [3.8, 4) is 0 Å². The van der Waals surface area contributed by atoms with Gasteiger partial charge in [-0.15, -0.1) is 5.10 Å². The van der Waals surface area contributed by atoms with E-state index in [1.807, 2.05) is 0 Å². The number of piperazine rings is 1. The molecule has 9 heteroatoms. The van der Waals surface area contributed by atoms with Gasteiger partial charge in [0.2, 0.25) is 5.91 Å². The van der Waals surface area contributed by atoms with E-state index in [2.05, 4.69) is 59.8 Å². The van der Waals surface area contributed by atoms with Crippen molar-refractivity contribution in [1.82, 2.24) is 30.1 Å². The number of aromatic nitrogens is 3. The number of rotatable bonds is 4. The number of amides is 1. The maximum atomic E-state index is 11.5. The SMILES string of the molecule is O=C1CN(Cc2cn(C3CCN(C4CSCCSC4)CC3)nn2)CCN1. The molecule has 3 saturated heterocycles. The van der Waals surface area contributed by atoms with Crippen molar-refractivity contribution in [1.29, 1.82) is 0 Å². The number of likely N-dealkylation sites (tertiary alicyclic amines) is 1. The summed E-state index contributed by atoms with van der Waals surface area (Å²) in [6, 6.07) is 1.20. The van der Waals surface area contributed by atoms with E-state index >= 15 is 0 Å². The van der Waals surface area contributed by atoms with Crippen LogP contribution in [0.4, 0.5) is 0 Å². The molecular weight excluding hydrogens is 368 g/mol. The fourth-order valence-corrected chi connectivity index (χ4v) is 6.58. The zero-order valence-electron chi connectivity index (χ0n) is 15.2. The molecule has 1 N–H and O–H groups in total. The maximum absolute atomic E-state index is 11.5. The van der Waals surface area contributed by atoms with E-state index in [1.54, 1.807) is 0 Å². The van der Waals surface area contributed by atoms with Crippen LogP contribution < -0.4 is 5.32 Å². The molecule has 0 aromatic carbocycles.